The molecule has 0 fully saturated rings. The number of methoxy groups -OCH3 is 1. The first kappa shape index (κ1) is 22.4. The zero-order valence-electron chi connectivity index (χ0n) is 16.2. The number of hydrogen-bond acceptors (Lipinski definition) is 6. The lowest BCUT2D eigenvalue weighted by atomic mass is 10.1. The van der Waals surface area contributed by atoms with Crippen LogP contribution in [0.15, 0.2) is 53.9 Å². The molecule has 0 aliphatic heterocycles. The smallest absolute Gasteiger partial charge is 0.324 e. The monoisotopic (exact) mass is 462 g/mol. The van der Waals surface area contributed by atoms with Crippen LogP contribution in [0.2, 0.25) is 5.02 Å². The topological polar surface area (TPSA) is 89.8 Å². The summed E-state index contributed by atoms with van der Waals surface area (Å²) in [4.78, 5) is 37.4. The number of thiophene rings is 1. The lowest BCUT2D eigenvalue weighted by Crippen LogP contribution is -2.37. The number of benzene rings is 2. The zero-order valence-corrected chi connectivity index (χ0v) is 17.8. The fraction of sp³-hybridized carbons (Fsp3) is 0.143. The normalized spacial score (nSPS) is 10.5. The Hall–Kier alpha value is -3.30. The Morgan fingerprint density at radius 2 is 1.87 bits per heavy atom. The van der Waals surface area contributed by atoms with Gasteiger partial charge in [0.1, 0.15) is 11.6 Å². The predicted molar refractivity (Wildman–Crippen MR) is 114 cm³/mol. The van der Waals surface area contributed by atoms with Gasteiger partial charge in [0.25, 0.3) is 5.91 Å². The molecule has 3 rings (SSSR count). The van der Waals surface area contributed by atoms with Crippen LogP contribution in [-0.4, -0.2) is 28.7 Å². The average molecular weight is 463 g/mol. The summed E-state index contributed by atoms with van der Waals surface area (Å²) in [6, 6.07) is 11.3. The van der Waals surface area contributed by atoms with Gasteiger partial charge in [-0.1, -0.05) is 35.1 Å². The molecule has 0 unspecified atom stereocenters. The van der Waals surface area contributed by atoms with E-state index >= 15 is 0 Å². The van der Waals surface area contributed by atoms with Gasteiger partial charge in [-0.05, 0) is 41.5 Å². The minimum Gasteiger partial charge on any atom is -0.497 e. The number of amides is 2. The molecule has 3 aromatic rings. The van der Waals surface area contributed by atoms with E-state index in [1.165, 1.54) is 24.6 Å². The van der Waals surface area contributed by atoms with Gasteiger partial charge in [0, 0.05) is 11.4 Å². The van der Waals surface area contributed by atoms with Gasteiger partial charge in [0.2, 0.25) is 5.91 Å². The van der Waals surface area contributed by atoms with Crippen LogP contribution < -0.4 is 4.74 Å². The van der Waals surface area contributed by atoms with Crippen LogP contribution >= 0.6 is 22.9 Å². The molecule has 0 saturated carbocycles. The molecule has 0 bridgehead atoms. The molecule has 0 saturated heterocycles. The van der Waals surface area contributed by atoms with E-state index in [1.807, 2.05) is 0 Å². The lowest BCUT2D eigenvalue weighted by molar-refractivity contribution is -0.380. The highest BCUT2D eigenvalue weighted by atomic mass is 35.5. The lowest BCUT2D eigenvalue weighted by Gasteiger charge is -2.22. The van der Waals surface area contributed by atoms with Crippen LogP contribution in [0, 0.1) is 15.9 Å². The second kappa shape index (κ2) is 9.67. The maximum Gasteiger partial charge on any atom is 0.324 e. The fourth-order valence-corrected chi connectivity index (χ4v) is 3.74. The first-order chi connectivity index (χ1) is 14.8. The third-order valence-corrected chi connectivity index (χ3v) is 5.64. The van der Waals surface area contributed by atoms with Crippen LogP contribution in [0.5, 0.6) is 5.75 Å². The maximum atomic E-state index is 13.7. The van der Waals surface area contributed by atoms with Gasteiger partial charge in [-0.3, -0.25) is 24.6 Å². The molecule has 0 atom stereocenters. The molecule has 7 nitrogen and oxygen atoms in total. The van der Waals surface area contributed by atoms with E-state index in [4.69, 9.17) is 16.3 Å². The molecule has 0 radical (unpaired) electrons. The number of hydrogen-bond donors (Lipinski definition) is 0. The highest BCUT2D eigenvalue weighted by Gasteiger charge is 2.26. The Balaban J connectivity index is 1.91. The van der Waals surface area contributed by atoms with Crippen LogP contribution in [-0.2, 0) is 17.8 Å². The third-order valence-electron chi connectivity index (χ3n) is 4.38. The molecule has 1 heterocycles. The van der Waals surface area contributed by atoms with Crippen molar-refractivity contribution in [3.05, 3.63) is 91.6 Å². The number of imide groups is 1. The van der Waals surface area contributed by atoms with Gasteiger partial charge < -0.3 is 4.74 Å². The van der Waals surface area contributed by atoms with Crippen molar-refractivity contribution in [3.63, 3.8) is 0 Å². The number of nitrogens with zero attached hydrogens (tertiary/aromatic N) is 2. The number of nitro groups is 1. The summed E-state index contributed by atoms with van der Waals surface area (Å²) in [7, 11) is 1.51. The van der Waals surface area contributed by atoms with Crippen LogP contribution in [0.4, 0.5) is 9.39 Å². The van der Waals surface area contributed by atoms with E-state index in [1.54, 1.807) is 24.3 Å². The van der Waals surface area contributed by atoms with Crippen molar-refractivity contribution in [1.29, 1.82) is 0 Å². The highest BCUT2D eigenvalue weighted by Crippen LogP contribution is 2.25. The summed E-state index contributed by atoms with van der Waals surface area (Å²) in [6.07, 6.45) is -0.237. The number of halogens is 2. The number of carbonyl (C=O) groups is 2. The minimum atomic E-state index is -0.768. The quantitative estimate of drug-likeness (QED) is 0.369. The van der Waals surface area contributed by atoms with Crippen molar-refractivity contribution in [2.45, 2.75) is 13.0 Å². The maximum absolute atomic E-state index is 13.7. The van der Waals surface area contributed by atoms with Crippen molar-refractivity contribution < 1.29 is 23.6 Å². The second-order valence-electron chi connectivity index (χ2n) is 6.48. The van der Waals surface area contributed by atoms with Gasteiger partial charge in [-0.25, -0.2) is 4.39 Å². The number of rotatable bonds is 7. The molecule has 1 aromatic heterocycles. The molecule has 0 spiro atoms. The molecule has 0 aliphatic carbocycles. The van der Waals surface area contributed by atoms with Gasteiger partial charge in [-0.2, -0.15) is 0 Å². The summed E-state index contributed by atoms with van der Waals surface area (Å²) < 4.78 is 18.8. The van der Waals surface area contributed by atoms with E-state index in [0.29, 0.717) is 16.9 Å². The first-order valence-electron chi connectivity index (χ1n) is 8.93. The van der Waals surface area contributed by atoms with Gasteiger partial charge in [0.15, 0.2) is 0 Å². The second-order valence-corrected chi connectivity index (χ2v) is 7.78. The zero-order chi connectivity index (χ0) is 22.5. The Bertz CT molecular complexity index is 1130. The molecular weight excluding hydrogens is 447 g/mol. The summed E-state index contributed by atoms with van der Waals surface area (Å²) in [5.41, 5.74) is 0.880. The molecule has 0 N–H and O–H groups in total. The van der Waals surface area contributed by atoms with Crippen LogP contribution in [0.3, 0.4) is 0 Å². The van der Waals surface area contributed by atoms with Gasteiger partial charge in [-0.15, -0.1) is 0 Å². The largest absolute Gasteiger partial charge is 0.497 e. The fourth-order valence-electron chi connectivity index (χ4n) is 2.81. The van der Waals surface area contributed by atoms with Crippen LogP contribution in [0.1, 0.15) is 21.5 Å². The molecule has 10 heteroatoms. The van der Waals surface area contributed by atoms with Gasteiger partial charge in [0.05, 0.1) is 35.6 Å². The van der Waals surface area contributed by atoms with Crippen molar-refractivity contribution >= 4 is 39.8 Å². The summed E-state index contributed by atoms with van der Waals surface area (Å²) >= 11 is 6.95. The van der Waals surface area contributed by atoms with E-state index < -0.39 is 22.6 Å². The van der Waals surface area contributed by atoms with E-state index in [-0.39, 0.29) is 28.6 Å². The Labute approximate surface area is 185 Å². The van der Waals surface area contributed by atoms with Crippen molar-refractivity contribution in [2.75, 3.05) is 7.11 Å². The third kappa shape index (κ3) is 5.44. The number of carbonyl (C=O) groups excluding carboxylic acids is 2. The van der Waals surface area contributed by atoms with Gasteiger partial charge >= 0.3 is 5.00 Å². The average Bonchev–Trinajstić information content (AvgIpc) is 3.22. The predicted octanol–water partition coefficient (Wildman–Crippen LogP) is 4.87. The molecule has 2 aromatic carbocycles. The highest BCUT2D eigenvalue weighted by molar-refractivity contribution is 7.13. The minimum absolute atomic E-state index is 0.00472. The van der Waals surface area contributed by atoms with Crippen molar-refractivity contribution in [3.8, 4) is 5.75 Å². The van der Waals surface area contributed by atoms with E-state index in [0.717, 1.165) is 28.4 Å². The summed E-state index contributed by atoms with van der Waals surface area (Å²) in [6.45, 7) is -0.0965. The van der Waals surface area contributed by atoms with E-state index in [2.05, 4.69) is 0 Å². The molecular formula is C21H16ClFN2O5S. The van der Waals surface area contributed by atoms with Crippen LogP contribution in [0.25, 0.3) is 0 Å². The number of ether oxygens (including phenoxy) is 1. The Morgan fingerprint density at radius 1 is 1.16 bits per heavy atom. The molecule has 2 amide bonds. The van der Waals surface area contributed by atoms with Crippen molar-refractivity contribution in [1.82, 2.24) is 4.90 Å². The SMILES string of the molecule is COc1ccc(CN(C(=O)Cc2csc([N+](=O)[O-])c2)C(=O)c2cc(F)ccc2Cl)cc1. The molecule has 160 valence electrons. The summed E-state index contributed by atoms with van der Waals surface area (Å²) in [5.74, 6) is -1.44. The molecule has 0 aliphatic rings. The molecule has 31 heavy (non-hydrogen) atoms. The van der Waals surface area contributed by atoms with E-state index in [9.17, 15) is 24.1 Å². The Kier molecular flexibility index (Phi) is 6.98. The Morgan fingerprint density at radius 3 is 2.48 bits per heavy atom. The summed E-state index contributed by atoms with van der Waals surface area (Å²) in [5, 5.41) is 12.3. The first-order valence-corrected chi connectivity index (χ1v) is 10.2. The standard InChI is InChI=1S/C21H16ClFN2O5S/c1-30-16-5-2-13(3-6-16)11-24(21(27)17-10-15(23)4-7-18(17)22)19(26)8-14-9-20(25(28)29)31-12-14/h2-7,9-10,12H,8,11H2,1H3. The van der Waals surface area contributed by atoms with Crippen molar-refractivity contribution in [2.24, 2.45) is 0 Å².